The molecule has 1 unspecified atom stereocenters. The van der Waals surface area contributed by atoms with Crippen molar-refractivity contribution < 1.29 is 0 Å². The molecule has 0 spiro atoms. The van der Waals surface area contributed by atoms with Crippen LogP contribution in [0.25, 0.3) is 0 Å². The third kappa shape index (κ3) is 5.49. The highest BCUT2D eigenvalue weighted by molar-refractivity contribution is 7.15. The molecule has 0 fully saturated rings. The first-order valence-corrected chi connectivity index (χ1v) is 8.46. The van der Waals surface area contributed by atoms with Gasteiger partial charge in [-0.15, -0.1) is 11.3 Å². The lowest BCUT2D eigenvalue weighted by Gasteiger charge is -2.30. The fourth-order valence-electron chi connectivity index (χ4n) is 2.29. The minimum atomic E-state index is 0.692. The van der Waals surface area contributed by atoms with E-state index >= 15 is 0 Å². The highest BCUT2D eigenvalue weighted by atomic mass is 32.1. The van der Waals surface area contributed by atoms with Gasteiger partial charge in [0.2, 0.25) is 0 Å². The van der Waals surface area contributed by atoms with Gasteiger partial charge in [0.25, 0.3) is 0 Å². The number of nitrogens with zero attached hydrogens (tertiary/aromatic N) is 2. The molecule has 1 aromatic heterocycles. The molecule has 1 aromatic rings. The summed E-state index contributed by atoms with van der Waals surface area (Å²) in [7, 11) is 2.23. The molecular weight excluding hydrogens is 254 g/mol. The summed E-state index contributed by atoms with van der Waals surface area (Å²) in [6.45, 7) is 11.4. The number of hydrogen-bond donors (Lipinski definition) is 1. The van der Waals surface area contributed by atoms with E-state index < -0.39 is 0 Å². The number of anilines is 1. The first-order valence-electron chi connectivity index (χ1n) is 7.65. The van der Waals surface area contributed by atoms with Crippen LogP contribution in [-0.2, 0) is 12.8 Å². The molecule has 1 aliphatic carbocycles. The summed E-state index contributed by atoms with van der Waals surface area (Å²) in [4.78, 5) is 8.25. The van der Waals surface area contributed by atoms with E-state index in [1.54, 1.807) is 11.3 Å². The smallest absolute Gasteiger partial charge is 0.180 e. The molecular formula is C15H31N3S. The lowest BCUT2D eigenvalue weighted by Crippen LogP contribution is -2.36. The third-order valence-electron chi connectivity index (χ3n) is 3.13. The molecule has 0 bridgehead atoms. The number of aryl methyl sites for hydroxylation is 1. The van der Waals surface area contributed by atoms with E-state index in [0.717, 1.165) is 18.0 Å². The summed E-state index contributed by atoms with van der Waals surface area (Å²) < 4.78 is 0. The van der Waals surface area contributed by atoms with Crippen LogP contribution in [-0.4, -0.2) is 29.5 Å². The Balaban J connectivity index is 0.000000741. The predicted octanol–water partition coefficient (Wildman–Crippen LogP) is 3.98. The van der Waals surface area contributed by atoms with E-state index in [0.29, 0.717) is 6.04 Å². The highest BCUT2D eigenvalue weighted by Gasteiger charge is 2.24. The lowest BCUT2D eigenvalue weighted by atomic mass is 9.96. The Morgan fingerprint density at radius 2 is 1.95 bits per heavy atom. The van der Waals surface area contributed by atoms with E-state index in [9.17, 15) is 0 Å². The van der Waals surface area contributed by atoms with Crippen molar-refractivity contribution in [3.05, 3.63) is 10.6 Å². The molecule has 2 N–H and O–H groups in total. The average molecular weight is 286 g/mol. The average Bonchev–Trinajstić information content (AvgIpc) is 2.82. The Morgan fingerprint density at radius 3 is 2.53 bits per heavy atom. The summed E-state index contributed by atoms with van der Waals surface area (Å²) in [6, 6.07) is 0.692. The van der Waals surface area contributed by atoms with Crippen molar-refractivity contribution in [1.29, 1.82) is 0 Å². The maximum absolute atomic E-state index is 5.73. The maximum atomic E-state index is 5.73. The molecule has 1 atom stereocenters. The van der Waals surface area contributed by atoms with Gasteiger partial charge in [-0.05, 0) is 39.3 Å². The van der Waals surface area contributed by atoms with E-state index in [4.69, 9.17) is 5.73 Å². The van der Waals surface area contributed by atoms with Gasteiger partial charge in [-0.1, -0.05) is 34.6 Å². The van der Waals surface area contributed by atoms with Crippen LogP contribution < -0.4 is 5.73 Å². The minimum Gasteiger partial charge on any atom is -0.375 e. The topological polar surface area (TPSA) is 42.2 Å². The summed E-state index contributed by atoms with van der Waals surface area (Å²) in [5.74, 6) is 0. The number of thiazole rings is 1. The van der Waals surface area contributed by atoms with Gasteiger partial charge >= 0.3 is 0 Å². The number of likely N-dealkylation sites (N-methyl/N-ethyl adjacent to an activating group) is 1. The first-order chi connectivity index (χ1) is 9.20. The van der Waals surface area contributed by atoms with Gasteiger partial charge in [-0.3, -0.25) is 0 Å². The highest BCUT2D eigenvalue weighted by Crippen LogP contribution is 2.29. The van der Waals surface area contributed by atoms with Gasteiger partial charge in [0, 0.05) is 10.9 Å². The van der Waals surface area contributed by atoms with Crippen molar-refractivity contribution in [3.63, 3.8) is 0 Å². The molecule has 4 heteroatoms. The van der Waals surface area contributed by atoms with Gasteiger partial charge in [0.15, 0.2) is 5.13 Å². The van der Waals surface area contributed by atoms with Crippen LogP contribution in [0.15, 0.2) is 0 Å². The van der Waals surface area contributed by atoms with Crippen LogP contribution in [0.5, 0.6) is 0 Å². The third-order valence-corrected chi connectivity index (χ3v) is 4.08. The van der Waals surface area contributed by atoms with Crippen LogP contribution in [0.2, 0.25) is 0 Å². The number of nitrogens with two attached hydrogens (primary N) is 1. The van der Waals surface area contributed by atoms with Gasteiger partial charge in [-0.2, -0.15) is 0 Å². The van der Waals surface area contributed by atoms with Crippen LogP contribution in [0.3, 0.4) is 0 Å². The number of hydrogen-bond acceptors (Lipinski definition) is 4. The Bertz CT molecular complexity index is 336. The molecule has 0 aliphatic heterocycles. The van der Waals surface area contributed by atoms with Crippen LogP contribution in [0.1, 0.15) is 58.0 Å². The van der Waals surface area contributed by atoms with Crippen molar-refractivity contribution in [2.75, 3.05) is 19.3 Å². The Hall–Kier alpha value is -0.610. The zero-order valence-corrected chi connectivity index (χ0v) is 14.3. The van der Waals surface area contributed by atoms with Crippen molar-refractivity contribution in [2.24, 2.45) is 0 Å². The van der Waals surface area contributed by atoms with Gasteiger partial charge < -0.3 is 10.6 Å². The lowest BCUT2D eigenvalue weighted by molar-refractivity contribution is 0.223. The minimum absolute atomic E-state index is 0.692. The fourth-order valence-corrected chi connectivity index (χ4v) is 3.24. The van der Waals surface area contributed by atoms with E-state index in [1.165, 1.54) is 30.0 Å². The molecule has 0 saturated heterocycles. The largest absolute Gasteiger partial charge is 0.375 e. The Kier molecular flexibility index (Phi) is 9.88. The second kappa shape index (κ2) is 10.2. The Morgan fingerprint density at radius 1 is 1.32 bits per heavy atom. The van der Waals surface area contributed by atoms with E-state index in [2.05, 4.69) is 23.9 Å². The second-order valence-electron chi connectivity index (χ2n) is 4.30. The summed E-state index contributed by atoms with van der Waals surface area (Å²) in [5, 5.41) is 0.735. The molecule has 1 aliphatic rings. The number of nitrogen functional groups attached to an aromatic ring is 1. The van der Waals surface area contributed by atoms with Gasteiger partial charge in [0.1, 0.15) is 0 Å². The van der Waals surface area contributed by atoms with E-state index in [1.807, 2.05) is 27.7 Å². The van der Waals surface area contributed by atoms with E-state index in [-0.39, 0.29) is 0 Å². The van der Waals surface area contributed by atoms with Gasteiger partial charge in [0.05, 0.1) is 5.69 Å². The summed E-state index contributed by atoms with van der Waals surface area (Å²) >= 11 is 1.67. The SMILES string of the molecule is CC.CC.CCCN(C)C1CCc2nc(N)sc2C1. The number of aromatic nitrogens is 1. The van der Waals surface area contributed by atoms with Crippen LogP contribution >= 0.6 is 11.3 Å². The number of rotatable bonds is 3. The van der Waals surface area contributed by atoms with Crippen molar-refractivity contribution in [3.8, 4) is 0 Å². The molecule has 1 heterocycles. The van der Waals surface area contributed by atoms with Gasteiger partial charge in [-0.25, -0.2) is 4.98 Å². The molecule has 19 heavy (non-hydrogen) atoms. The normalized spacial score (nSPS) is 16.9. The second-order valence-corrected chi connectivity index (χ2v) is 5.41. The first kappa shape index (κ1) is 18.4. The predicted molar refractivity (Wildman–Crippen MR) is 88.0 cm³/mol. The van der Waals surface area contributed by atoms with Crippen molar-refractivity contribution in [1.82, 2.24) is 9.88 Å². The molecule has 3 nitrogen and oxygen atoms in total. The molecule has 112 valence electrons. The Labute approximate surface area is 123 Å². The molecule has 0 amide bonds. The zero-order chi connectivity index (χ0) is 14.8. The molecule has 0 radical (unpaired) electrons. The molecule has 2 rings (SSSR count). The zero-order valence-electron chi connectivity index (χ0n) is 13.5. The molecule has 0 saturated carbocycles. The van der Waals surface area contributed by atoms with Crippen LogP contribution in [0, 0.1) is 0 Å². The van der Waals surface area contributed by atoms with Crippen molar-refractivity contribution in [2.45, 2.75) is 66.3 Å². The maximum Gasteiger partial charge on any atom is 0.180 e. The van der Waals surface area contributed by atoms with Crippen LogP contribution in [0.4, 0.5) is 5.13 Å². The number of fused-ring (bicyclic) bond motifs is 1. The summed E-state index contributed by atoms with van der Waals surface area (Å²) in [6.07, 6.45) is 4.69. The fraction of sp³-hybridized carbons (Fsp3) is 0.800. The summed E-state index contributed by atoms with van der Waals surface area (Å²) in [5.41, 5.74) is 6.98. The molecule has 0 aromatic carbocycles. The standard InChI is InChI=1S/C11H19N3S.2C2H6/c1-3-6-14(2)8-4-5-9-10(7-8)15-11(12)13-9;2*1-2/h8H,3-7H2,1-2H3,(H2,12,13);2*1-2H3. The quantitative estimate of drug-likeness (QED) is 0.913. The monoisotopic (exact) mass is 285 g/mol. The van der Waals surface area contributed by atoms with Crippen molar-refractivity contribution >= 4 is 16.5 Å².